The van der Waals surface area contributed by atoms with Gasteiger partial charge >= 0.3 is 0 Å². The number of benzene rings is 2. The van der Waals surface area contributed by atoms with Gasteiger partial charge in [0.25, 0.3) is 11.8 Å². The highest BCUT2D eigenvalue weighted by molar-refractivity contribution is 6.34. The number of rotatable bonds is 6. The van der Waals surface area contributed by atoms with Crippen molar-refractivity contribution in [2.75, 3.05) is 10.6 Å². The van der Waals surface area contributed by atoms with Crippen molar-refractivity contribution in [3.63, 3.8) is 0 Å². The number of halogens is 1. The quantitative estimate of drug-likeness (QED) is 0.572. The number of furan rings is 1. The van der Waals surface area contributed by atoms with Gasteiger partial charge in [-0.05, 0) is 61.7 Å². The minimum Gasteiger partial charge on any atom is -0.490 e. The van der Waals surface area contributed by atoms with Gasteiger partial charge in [-0.15, -0.1) is 0 Å². The summed E-state index contributed by atoms with van der Waals surface area (Å²) in [5.41, 5.74) is 1.39. The Morgan fingerprint density at radius 3 is 2.52 bits per heavy atom. The lowest BCUT2D eigenvalue weighted by Gasteiger charge is -2.27. The number of carbonyl (C=O) groups excluding carboxylic acids is 2. The second-order valence-electron chi connectivity index (χ2n) is 6.75. The summed E-state index contributed by atoms with van der Waals surface area (Å²) in [7, 11) is 0. The first-order valence-corrected chi connectivity index (χ1v) is 9.69. The summed E-state index contributed by atoms with van der Waals surface area (Å²) in [4.78, 5) is 24.8. The normalized spacial score (nSPS) is 13.4. The number of carbonyl (C=O) groups is 2. The van der Waals surface area contributed by atoms with E-state index in [9.17, 15) is 9.59 Å². The van der Waals surface area contributed by atoms with Crippen molar-refractivity contribution in [3.05, 3.63) is 77.2 Å². The van der Waals surface area contributed by atoms with Crippen molar-refractivity contribution in [1.29, 1.82) is 0 Å². The number of anilines is 2. The molecule has 2 amide bonds. The average molecular weight is 411 g/mol. The van der Waals surface area contributed by atoms with Crippen LogP contribution in [0.4, 0.5) is 11.4 Å². The van der Waals surface area contributed by atoms with E-state index >= 15 is 0 Å². The first kappa shape index (κ1) is 19.1. The smallest absolute Gasteiger partial charge is 0.291 e. The molecule has 1 heterocycles. The van der Waals surface area contributed by atoms with E-state index in [0.29, 0.717) is 27.7 Å². The number of para-hydroxylation sites is 1. The van der Waals surface area contributed by atoms with Crippen LogP contribution < -0.4 is 15.4 Å². The van der Waals surface area contributed by atoms with Gasteiger partial charge in [-0.1, -0.05) is 23.7 Å². The summed E-state index contributed by atoms with van der Waals surface area (Å²) < 4.78 is 11.0. The summed E-state index contributed by atoms with van der Waals surface area (Å²) in [5.74, 6) is 0.0590. The predicted molar refractivity (Wildman–Crippen MR) is 111 cm³/mol. The van der Waals surface area contributed by atoms with Gasteiger partial charge in [0.2, 0.25) is 0 Å². The Bertz CT molecular complexity index is 1030. The van der Waals surface area contributed by atoms with E-state index in [1.165, 1.54) is 6.26 Å². The molecular formula is C22H19ClN2O4. The lowest BCUT2D eigenvalue weighted by molar-refractivity contribution is 0.0985. The highest BCUT2D eigenvalue weighted by Crippen LogP contribution is 2.29. The Labute approximate surface area is 172 Å². The maximum atomic E-state index is 12.7. The van der Waals surface area contributed by atoms with E-state index in [0.717, 1.165) is 19.3 Å². The lowest BCUT2D eigenvalue weighted by Crippen LogP contribution is -2.26. The van der Waals surface area contributed by atoms with Crippen LogP contribution in [0.15, 0.2) is 65.3 Å². The number of hydrogen-bond donors (Lipinski definition) is 2. The Hall–Kier alpha value is -3.25. The Balaban J connectivity index is 1.45. The van der Waals surface area contributed by atoms with Crippen LogP contribution in [0.2, 0.25) is 5.02 Å². The van der Waals surface area contributed by atoms with E-state index in [1.54, 1.807) is 48.5 Å². The van der Waals surface area contributed by atoms with E-state index < -0.39 is 5.91 Å². The molecule has 0 atom stereocenters. The standard InChI is InChI=1S/C22H19ClN2O4/c23-17-13-14(10-11-18(17)25-22(27)20-9-4-12-28-20)24-21(26)16-7-1-2-8-19(16)29-15-5-3-6-15/h1-2,4,7-13,15H,3,5-6H2,(H,24,26)(H,25,27). The molecule has 0 aliphatic heterocycles. The van der Waals surface area contributed by atoms with Gasteiger partial charge in [0.05, 0.1) is 28.6 Å². The number of amides is 2. The fourth-order valence-corrected chi connectivity index (χ4v) is 3.14. The molecule has 3 aromatic rings. The monoisotopic (exact) mass is 410 g/mol. The highest BCUT2D eigenvalue weighted by Gasteiger charge is 2.22. The fourth-order valence-electron chi connectivity index (χ4n) is 2.91. The maximum Gasteiger partial charge on any atom is 0.291 e. The Kier molecular flexibility index (Phi) is 5.53. The summed E-state index contributed by atoms with van der Waals surface area (Å²) in [5, 5.41) is 5.79. The topological polar surface area (TPSA) is 80.6 Å². The minimum absolute atomic E-state index is 0.176. The van der Waals surface area contributed by atoms with Gasteiger partial charge in [-0.25, -0.2) is 0 Å². The summed E-state index contributed by atoms with van der Waals surface area (Å²) >= 11 is 6.27. The van der Waals surface area contributed by atoms with E-state index in [4.69, 9.17) is 20.8 Å². The van der Waals surface area contributed by atoms with Crippen molar-refractivity contribution < 1.29 is 18.7 Å². The number of ether oxygens (including phenoxy) is 1. The first-order chi connectivity index (χ1) is 14.1. The molecule has 1 fully saturated rings. The first-order valence-electron chi connectivity index (χ1n) is 9.31. The van der Waals surface area contributed by atoms with Crippen LogP contribution in [-0.2, 0) is 0 Å². The zero-order valence-corrected chi connectivity index (χ0v) is 16.2. The molecule has 1 aliphatic rings. The lowest BCUT2D eigenvalue weighted by atomic mass is 9.96. The molecule has 6 nitrogen and oxygen atoms in total. The molecule has 1 aliphatic carbocycles. The van der Waals surface area contributed by atoms with E-state index in [-0.39, 0.29) is 17.8 Å². The molecule has 2 N–H and O–H groups in total. The molecule has 1 aromatic heterocycles. The maximum absolute atomic E-state index is 12.7. The molecule has 0 saturated heterocycles. The van der Waals surface area contributed by atoms with Crippen molar-refractivity contribution in [2.45, 2.75) is 25.4 Å². The van der Waals surface area contributed by atoms with Crippen LogP contribution in [0, 0.1) is 0 Å². The van der Waals surface area contributed by atoms with Crippen LogP contribution in [0.25, 0.3) is 0 Å². The van der Waals surface area contributed by atoms with Crippen LogP contribution in [0.5, 0.6) is 5.75 Å². The van der Waals surface area contributed by atoms with Crippen molar-refractivity contribution in [1.82, 2.24) is 0 Å². The van der Waals surface area contributed by atoms with Gasteiger partial charge in [-0.3, -0.25) is 9.59 Å². The molecule has 0 unspecified atom stereocenters. The molecule has 0 spiro atoms. The fraction of sp³-hybridized carbons (Fsp3) is 0.182. The third kappa shape index (κ3) is 4.43. The third-order valence-electron chi connectivity index (χ3n) is 4.70. The highest BCUT2D eigenvalue weighted by atomic mass is 35.5. The second kappa shape index (κ2) is 8.41. The molecule has 4 rings (SSSR count). The summed E-state index contributed by atoms with van der Waals surface area (Å²) in [6.45, 7) is 0. The molecule has 0 radical (unpaired) electrons. The Morgan fingerprint density at radius 1 is 1.00 bits per heavy atom. The number of nitrogens with one attached hydrogen (secondary N) is 2. The van der Waals surface area contributed by atoms with Crippen LogP contribution in [0.3, 0.4) is 0 Å². The average Bonchev–Trinajstić information content (AvgIpc) is 3.22. The summed E-state index contributed by atoms with van der Waals surface area (Å²) in [6, 6.07) is 15.2. The van der Waals surface area contributed by atoms with Crippen molar-refractivity contribution in [3.8, 4) is 5.75 Å². The van der Waals surface area contributed by atoms with E-state index in [2.05, 4.69) is 10.6 Å². The van der Waals surface area contributed by atoms with Crippen LogP contribution >= 0.6 is 11.6 Å². The number of hydrogen-bond acceptors (Lipinski definition) is 4. The van der Waals surface area contributed by atoms with Gasteiger partial charge in [0, 0.05) is 5.69 Å². The second-order valence-corrected chi connectivity index (χ2v) is 7.15. The SMILES string of the molecule is O=C(Nc1ccc(NC(=O)c2ccccc2OC2CCC2)cc1Cl)c1ccco1. The zero-order chi connectivity index (χ0) is 20.2. The van der Waals surface area contributed by atoms with E-state index in [1.807, 2.05) is 6.07 Å². The van der Waals surface area contributed by atoms with Crippen molar-refractivity contribution >= 4 is 34.8 Å². The van der Waals surface area contributed by atoms with Gasteiger partial charge in [0.15, 0.2) is 5.76 Å². The summed E-state index contributed by atoms with van der Waals surface area (Å²) in [6.07, 6.45) is 4.77. The predicted octanol–water partition coefficient (Wildman–Crippen LogP) is 5.37. The van der Waals surface area contributed by atoms with Crippen molar-refractivity contribution in [2.24, 2.45) is 0 Å². The molecule has 7 heteroatoms. The zero-order valence-electron chi connectivity index (χ0n) is 15.5. The third-order valence-corrected chi connectivity index (χ3v) is 5.01. The van der Waals surface area contributed by atoms with Crippen LogP contribution in [-0.4, -0.2) is 17.9 Å². The minimum atomic E-state index is -0.407. The molecule has 29 heavy (non-hydrogen) atoms. The molecular weight excluding hydrogens is 392 g/mol. The Morgan fingerprint density at radius 2 is 1.83 bits per heavy atom. The van der Waals surface area contributed by atoms with Gasteiger partial charge in [0.1, 0.15) is 5.75 Å². The molecule has 1 saturated carbocycles. The van der Waals surface area contributed by atoms with Gasteiger partial charge in [-0.2, -0.15) is 0 Å². The molecule has 2 aromatic carbocycles. The molecule has 0 bridgehead atoms. The molecule has 148 valence electrons. The largest absolute Gasteiger partial charge is 0.490 e. The van der Waals surface area contributed by atoms with Gasteiger partial charge < -0.3 is 19.8 Å². The van der Waals surface area contributed by atoms with Crippen LogP contribution in [0.1, 0.15) is 40.2 Å².